The Bertz CT molecular complexity index is 2260. The SMILES string of the molecule is c1ccc(-c2nc(-c3ccccc3)nc(-n3c4ccccc4c4c5c(ccc43)-c3cccc4cccc(c34)O5)n2)cc1. The first-order valence-electron chi connectivity index (χ1n) is 14.0. The molecule has 0 bridgehead atoms. The second kappa shape index (κ2) is 8.85. The Kier molecular flexibility index (Phi) is 4.83. The Morgan fingerprint density at radius 1 is 0.476 bits per heavy atom. The van der Waals surface area contributed by atoms with Crippen LogP contribution in [0.1, 0.15) is 0 Å². The third-order valence-electron chi connectivity index (χ3n) is 8.05. The van der Waals surface area contributed by atoms with Gasteiger partial charge in [0, 0.05) is 27.5 Å². The van der Waals surface area contributed by atoms with Gasteiger partial charge in [-0.05, 0) is 35.2 Å². The molecule has 1 aliphatic rings. The standard InChI is InChI=1S/C37H22N4O/c1-3-11-24(12-4-1)35-38-36(25-13-5-2-6-14-25)40-37(39-35)41-29-19-8-7-17-28(29)33-30(41)22-21-27-26-18-9-15-23-16-10-20-31(32(23)26)42-34(27)33/h1-22H. The Morgan fingerprint density at radius 3 is 1.88 bits per heavy atom. The zero-order chi connectivity index (χ0) is 27.6. The lowest BCUT2D eigenvalue weighted by atomic mass is 9.93. The molecule has 3 heterocycles. The lowest BCUT2D eigenvalue weighted by Gasteiger charge is -2.22. The van der Waals surface area contributed by atoms with E-state index in [4.69, 9.17) is 19.7 Å². The smallest absolute Gasteiger partial charge is 0.238 e. The summed E-state index contributed by atoms with van der Waals surface area (Å²) >= 11 is 0. The molecule has 5 heteroatoms. The summed E-state index contributed by atoms with van der Waals surface area (Å²) in [6, 6.07) is 45.5. The highest BCUT2D eigenvalue weighted by atomic mass is 16.5. The third kappa shape index (κ3) is 3.34. The van der Waals surface area contributed by atoms with Gasteiger partial charge in [-0.15, -0.1) is 0 Å². The zero-order valence-corrected chi connectivity index (χ0v) is 22.4. The van der Waals surface area contributed by atoms with Crippen molar-refractivity contribution in [3.63, 3.8) is 0 Å². The fraction of sp³-hybridized carbons (Fsp3) is 0. The average Bonchev–Trinajstić information content (AvgIpc) is 3.41. The molecule has 0 saturated heterocycles. The fourth-order valence-electron chi connectivity index (χ4n) is 6.19. The zero-order valence-electron chi connectivity index (χ0n) is 22.4. The van der Waals surface area contributed by atoms with E-state index in [0.717, 1.165) is 55.4 Å². The lowest BCUT2D eigenvalue weighted by Crippen LogP contribution is -2.06. The van der Waals surface area contributed by atoms with Gasteiger partial charge in [-0.3, -0.25) is 4.57 Å². The number of aromatic nitrogens is 4. The van der Waals surface area contributed by atoms with E-state index >= 15 is 0 Å². The van der Waals surface area contributed by atoms with E-state index in [2.05, 4.69) is 77.4 Å². The Labute approximate surface area is 241 Å². The summed E-state index contributed by atoms with van der Waals surface area (Å²) < 4.78 is 8.87. The van der Waals surface area contributed by atoms with Crippen LogP contribution in [-0.4, -0.2) is 19.5 Å². The first kappa shape index (κ1) is 22.9. The number of para-hydroxylation sites is 1. The van der Waals surface area contributed by atoms with E-state index in [-0.39, 0.29) is 0 Å². The molecule has 1 aliphatic heterocycles. The van der Waals surface area contributed by atoms with Crippen molar-refractivity contribution in [2.24, 2.45) is 0 Å². The van der Waals surface area contributed by atoms with Crippen LogP contribution >= 0.6 is 0 Å². The van der Waals surface area contributed by atoms with E-state index in [0.29, 0.717) is 17.6 Å². The summed E-state index contributed by atoms with van der Waals surface area (Å²) in [6.45, 7) is 0. The lowest BCUT2D eigenvalue weighted by molar-refractivity contribution is 0.493. The number of rotatable bonds is 3. The van der Waals surface area contributed by atoms with Gasteiger partial charge < -0.3 is 4.74 Å². The van der Waals surface area contributed by atoms with Crippen LogP contribution in [0.15, 0.2) is 133 Å². The molecular formula is C37H22N4O. The molecule has 0 N–H and O–H groups in total. The number of nitrogens with zero attached hydrogens (tertiary/aromatic N) is 4. The van der Waals surface area contributed by atoms with Crippen LogP contribution < -0.4 is 4.74 Å². The molecule has 6 aromatic carbocycles. The van der Waals surface area contributed by atoms with Crippen LogP contribution in [0, 0.1) is 0 Å². The van der Waals surface area contributed by atoms with Gasteiger partial charge in [0.2, 0.25) is 5.95 Å². The quantitative estimate of drug-likeness (QED) is 0.225. The Hall–Kier alpha value is -5.81. The average molecular weight is 539 g/mol. The molecule has 0 unspecified atom stereocenters. The maximum atomic E-state index is 6.74. The van der Waals surface area contributed by atoms with Crippen LogP contribution in [-0.2, 0) is 0 Å². The molecule has 0 amide bonds. The maximum absolute atomic E-state index is 6.74. The van der Waals surface area contributed by atoms with Gasteiger partial charge in [0.25, 0.3) is 0 Å². The monoisotopic (exact) mass is 538 g/mol. The van der Waals surface area contributed by atoms with Crippen molar-refractivity contribution >= 4 is 32.6 Å². The van der Waals surface area contributed by atoms with E-state index < -0.39 is 0 Å². The van der Waals surface area contributed by atoms with E-state index in [1.54, 1.807) is 0 Å². The molecule has 0 saturated carbocycles. The second-order valence-electron chi connectivity index (χ2n) is 10.5. The minimum atomic E-state index is 0.562. The molecule has 42 heavy (non-hydrogen) atoms. The minimum absolute atomic E-state index is 0.562. The third-order valence-corrected chi connectivity index (χ3v) is 8.05. The van der Waals surface area contributed by atoms with E-state index in [1.807, 2.05) is 60.7 Å². The number of hydrogen-bond acceptors (Lipinski definition) is 4. The second-order valence-corrected chi connectivity index (χ2v) is 10.5. The summed E-state index contributed by atoms with van der Waals surface area (Å²) in [7, 11) is 0. The van der Waals surface area contributed by atoms with Crippen molar-refractivity contribution in [3.8, 4) is 51.3 Å². The van der Waals surface area contributed by atoms with E-state index in [9.17, 15) is 0 Å². The molecule has 196 valence electrons. The van der Waals surface area contributed by atoms with Crippen molar-refractivity contribution in [1.82, 2.24) is 19.5 Å². The number of benzene rings is 6. The largest absolute Gasteiger partial charge is 0.455 e. The van der Waals surface area contributed by atoms with Crippen LogP contribution in [0.2, 0.25) is 0 Å². The summed E-state index contributed by atoms with van der Waals surface area (Å²) in [4.78, 5) is 15.0. The highest BCUT2D eigenvalue weighted by molar-refractivity contribution is 6.17. The van der Waals surface area contributed by atoms with Crippen molar-refractivity contribution < 1.29 is 4.74 Å². The van der Waals surface area contributed by atoms with Crippen molar-refractivity contribution in [2.45, 2.75) is 0 Å². The predicted molar refractivity (Wildman–Crippen MR) is 168 cm³/mol. The van der Waals surface area contributed by atoms with Crippen LogP contribution in [0.4, 0.5) is 0 Å². The summed E-state index contributed by atoms with van der Waals surface area (Å²) in [5, 5.41) is 4.44. The van der Waals surface area contributed by atoms with E-state index in [1.165, 1.54) is 10.9 Å². The highest BCUT2D eigenvalue weighted by Gasteiger charge is 2.26. The normalized spacial score (nSPS) is 12.0. The Balaban J connectivity index is 1.36. The molecule has 2 aromatic heterocycles. The first-order chi connectivity index (χ1) is 20.8. The van der Waals surface area contributed by atoms with Gasteiger partial charge in [0.15, 0.2) is 11.6 Å². The van der Waals surface area contributed by atoms with Gasteiger partial charge in [-0.2, -0.15) is 9.97 Å². The van der Waals surface area contributed by atoms with Crippen LogP contribution in [0.3, 0.4) is 0 Å². The van der Waals surface area contributed by atoms with Crippen molar-refractivity contribution in [3.05, 3.63) is 133 Å². The predicted octanol–water partition coefficient (Wildman–Crippen LogP) is 9.23. The molecule has 8 aromatic rings. The molecule has 0 atom stereocenters. The number of ether oxygens (including phenoxy) is 1. The maximum Gasteiger partial charge on any atom is 0.238 e. The van der Waals surface area contributed by atoms with Crippen LogP contribution in [0.25, 0.3) is 72.4 Å². The van der Waals surface area contributed by atoms with Gasteiger partial charge in [0.05, 0.1) is 16.4 Å². The summed E-state index contributed by atoms with van der Waals surface area (Å²) in [6.07, 6.45) is 0. The molecule has 0 aliphatic carbocycles. The minimum Gasteiger partial charge on any atom is -0.455 e. The Morgan fingerprint density at radius 2 is 1.14 bits per heavy atom. The molecule has 0 fully saturated rings. The molecule has 0 radical (unpaired) electrons. The topological polar surface area (TPSA) is 52.8 Å². The molecule has 9 rings (SSSR count). The number of hydrogen-bond donors (Lipinski definition) is 0. The molecule has 5 nitrogen and oxygen atoms in total. The van der Waals surface area contributed by atoms with Gasteiger partial charge >= 0.3 is 0 Å². The molecule has 0 spiro atoms. The highest BCUT2D eigenvalue weighted by Crippen LogP contribution is 2.51. The van der Waals surface area contributed by atoms with Gasteiger partial charge in [-0.25, -0.2) is 4.98 Å². The summed E-state index contributed by atoms with van der Waals surface area (Å²) in [5.41, 5.74) is 6.12. The van der Waals surface area contributed by atoms with Crippen molar-refractivity contribution in [2.75, 3.05) is 0 Å². The van der Waals surface area contributed by atoms with Crippen molar-refractivity contribution in [1.29, 1.82) is 0 Å². The van der Waals surface area contributed by atoms with Gasteiger partial charge in [0.1, 0.15) is 11.5 Å². The van der Waals surface area contributed by atoms with Crippen LogP contribution in [0.5, 0.6) is 11.5 Å². The summed E-state index contributed by atoms with van der Waals surface area (Å²) in [5.74, 6) is 3.54. The number of fused-ring (bicyclic) bond motifs is 6. The fourth-order valence-corrected chi connectivity index (χ4v) is 6.19. The molecular weight excluding hydrogens is 516 g/mol. The van der Waals surface area contributed by atoms with Gasteiger partial charge in [-0.1, -0.05) is 109 Å². The first-order valence-corrected chi connectivity index (χ1v) is 14.0.